The van der Waals surface area contributed by atoms with Crippen LogP contribution in [-0.4, -0.2) is 41.5 Å². The Bertz CT molecular complexity index is 375. The van der Waals surface area contributed by atoms with Crippen molar-refractivity contribution in [3.05, 3.63) is 0 Å². The number of rotatable bonds is 4. The van der Waals surface area contributed by atoms with Gasteiger partial charge in [-0.3, -0.25) is 9.59 Å². The van der Waals surface area contributed by atoms with E-state index in [1.165, 1.54) is 0 Å². The molecule has 0 bridgehead atoms. The minimum atomic E-state index is -1.08. The fourth-order valence-corrected chi connectivity index (χ4v) is 2.75. The van der Waals surface area contributed by atoms with E-state index in [1.54, 1.807) is 0 Å². The van der Waals surface area contributed by atoms with Crippen LogP contribution in [0.15, 0.2) is 0 Å². The Morgan fingerprint density at radius 2 is 2.11 bits per heavy atom. The van der Waals surface area contributed by atoms with Crippen molar-refractivity contribution in [3.63, 3.8) is 0 Å². The van der Waals surface area contributed by atoms with E-state index in [0.29, 0.717) is 32.3 Å². The van der Waals surface area contributed by atoms with E-state index < -0.39 is 18.1 Å². The number of hydrogen-bond donors (Lipinski definition) is 2. The Kier molecular flexibility index (Phi) is 4.52. The van der Waals surface area contributed by atoms with Gasteiger partial charge >= 0.3 is 5.97 Å². The van der Waals surface area contributed by atoms with E-state index in [-0.39, 0.29) is 24.0 Å². The second-order valence-corrected chi connectivity index (χ2v) is 5.22. The molecule has 6 nitrogen and oxygen atoms in total. The van der Waals surface area contributed by atoms with Gasteiger partial charge in [0.2, 0.25) is 5.91 Å². The van der Waals surface area contributed by atoms with E-state index in [0.717, 1.165) is 6.42 Å². The molecule has 1 aliphatic heterocycles. The van der Waals surface area contributed by atoms with Gasteiger partial charge in [0, 0.05) is 19.4 Å². The highest BCUT2D eigenvalue weighted by Crippen LogP contribution is 2.25. The summed E-state index contributed by atoms with van der Waals surface area (Å²) in [4.78, 5) is 34.6. The zero-order chi connectivity index (χ0) is 13.8. The van der Waals surface area contributed by atoms with Gasteiger partial charge in [-0.25, -0.2) is 4.79 Å². The predicted molar refractivity (Wildman–Crippen MR) is 65.5 cm³/mol. The summed E-state index contributed by atoms with van der Waals surface area (Å²) in [6, 6.07) is -0.985. The molecule has 6 heteroatoms. The Hall–Kier alpha value is -1.43. The highest BCUT2D eigenvalue weighted by Gasteiger charge is 2.35. The van der Waals surface area contributed by atoms with Crippen LogP contribution >= 0.6 is 0 Å². The van der Waals surface area contributed by atoms with E-state index >= 15 is 0 Å². The topological polar surface area (TPSA) is 92.7 Å². The van der Waals surface area contributed by atoms with Crippen LogP contribution in [0.3, 0.4) is 0 Å². The fourth-order valence-electron chi connectivity index (χ4n) is 2.75. The van der Waals surface area contributed by atoms with E-state index in [1.807, 2.05) is 0 Å². The lowest BCUT2D eigenvalue weighted by molar-refractivity contribution is -0.146. The molecule has 1 aliphatic carbocycles. The van der Waals surface area contributed by atoms with Gasteiger partial charge in [0.1, 0.15) is 17.9 Å². The van der Waals surface area contributed by atoms with Crippen LogP contribution in [0.1, 0.15) is 38.5 Å². The van der Waals surface area contributed by atoms with Crippen molar-refractivity contribution < 1.29 is 24.2 Å². The molecule has 2 N–H and O–H groups in total. The number of aliphatic carboxylic acids is 1. The van der Waals surface area contributed by atoms with Crippen LogP contribution in [0.5, 0.6) is 0 Å². The molecule has 1 saturated heterocycles. The normalized spacial score (nSPS) is 28.9. The Morgan fingerprint density at radius 3 is 2.68 bits per heavy atom. The first-order valence-electron chi connectivity index (χ1n) is 6.74. The number of carboxylic acids is 1. The van der Waals surface area contributed by atoms with Crippen molar-refractivity contribution in [2.24, 2.45) is 5.92 Å². The lowest BCUT2D eigenvalue weighted by Crippen LogP contribution is -2.50. The first-order valence-corrected chi connectivity index (χ1v) is 6.74. The van der Waals surface area contributed by atoms with Crippen LogP contribution in [0.25, 0.3) is 0 Å². The molecule has 0 spiro atoms. The molecule has 19 heavy (non-hydrogen) atoms. The third-order valence-electron chi connectivity index (χ3n) is 3.78. The molecule has 0 aromatic heterocycles. The summed E-state index contributed by atoms with van der Waals surface area (Å²) < 4.78 is 5.23. The quantitative estimate of drug-likeness (QED) is 0.775. The molecule has 0 unspecified atom stereocenters. The van der Waals surface area contributed by atoms with Gasteiger partial charge in [0.15, 0.2) is 0 Å². The van der Waals surface area contributed by atoms with Crippen LogP contribution in [0.2, 0.25) is 0 Å². The first kappa shape index (κ1) is 14.0. The van der Waals surface area contributed by atoms with Crippen molar-refractivity contribution in [2.75, 3.05) is 6.61 Å². The molecule has 2 rings (SSSR count). The molecule has 1 saturated carbocycles. The maximum atomic E-state index is 11.9. The SMILES string of the molecule is O=C1CCC[C@@H]([C@H](NC(=O)[C@@H]2CCCO2)C(=O)O)C1. The highest BCUT2D eigenvalue weighted by molar-refractivity contribution is 5.87. The predicted octanol–water partition coefficient (Wildman–Crippen LogP) is 0.494. The van der Waals surface area contributed by atoms with E-state index in [2.05, 4.69) is 5.32 Å². The molecule has 2 fully saturated rings. The summed E-state index contributed by atoms with van der Waals surface area (Å²) in [5.41, 5.74) is 0. The number of ketones is 1. The molecule has 0 aromatic carbocycles. The molecular formula is C13H19NO5. The number of carbonyl (C=O) groups is 3. The standard InChI is InChI=1S/C13H19NO5/c15-9-4-1-3-8(7-9)11(13(17)18)14-12(16)10-5-2-6-19-10/h8,10-11H,1-7H2,(H,14,16)(H,17,18)/t8-,10+,11+/m1/s1. The summed E-state index contributed by atoms with van der Waals surface area (Å²) in [5.74, 6) is -1.67. The lowest BCUT2D eigenvalue weighted by Gasteiger charge is -2.28. The summed E-state index contributed by atoms with van der Waals surface area (Å²) in [7, 11) is 0. The van der Waals surface area contributed by atoms with Crippen molar-refractivity contribution >= 4 is 17.7 Å². The zero-order valence-electron chi connectivity index (χ0n) is 10.8. The number of ether oxygens (including phenoxy) is 1. The third-order valence-corrected chi connectivity index (χ3v) is 3.78. The summed E-state index contributed by atoms with van der Waals surface area (Å²) >= 11 is 0. The number of hydrogen-bond acceptors (Lipinski definition) is 4. The largest absolute Gasteiger partial charge is 0.480 e. The van der Waals surface area contributed by atoms with E-state index in [4.69, 9.17) is 4.74 Å². The zero-order valence-corrected chi connectivity index (χ0v) is 10.8. The minimum Gasteiger partial charge on any atom is -0.480 e. The number of carboxylic acid groups (broad SMARTS) is 1. The summed E-state index contributed by atoms with van der Waals surface area (Å²) in [6.07, 6.45) is 3.02. The Labute approximate surface area is 111 Å². The number of nitrogens with one attached hydrogen (secondary N) is 1. The highest BCUT2D eigenvalue weighted by atomic mass is 16.5. The van der Waals surface area contributed by atoms with Crippen LogP contribution in [-0.2, 0) is 19.1 Å². The number of amides is 1. The van der Waals surface area contributed by atoms with Gasteiger partial charge in [0.25, 0.3) is 0 Å². The van der Waals surface area contributed by atoms with E-state index in [9.17, 15) is 19.5 Å². The first-order chi connectivity index (χ1) is 9.08. The second-order valence-electron chi connectivity index (χ2n) is 5.22. The van der Waals surface area contributed by atoms with Crippen molar-refractivity contribution in [3.8, 4) is 0 Å². The lowest BCUT2D eigenvalue weighted by atomic mass is 9.83. The van der Waals surface area contributed by atoms with Gasteiger partial charge < -0.3 is 15.2 Å². The average molecular weight is 269 g/mol. The molecule has 2 aliphatic rings. The van der Waals surface area contributed by atoms with Crippen molar-refractivity contribution in [1.82, 2.24) is 5.32 Å². The Morgan fingerprint density at radius 1 is 1.32 bits per heavy atom. The summed E-state index contributed by atoms with van der Waals surface area (Å²) in [6.45, 7) is 0.539. The molecule has 1 heterocycles. The minimum absolute atomic E-state index is 0.0777. The number of Topliss-reactive ketones (excluding diaryl/α,β-unsaturated/α-hetero) is 1. The molecule has 0 aromatic rings. The van der Waals surface area contributed by atoms with Gasteiger partial charge in [-0.05, 0) is 31.6 Å². The number of carbonyl (C=O) groups excluding carboxylic acids is 2. The smallest absolute Gasteiger partial charge is 0.326 e. The van der Waals surface area contributed by atoms with Gasteiger partial charge in [-0.1, -0.05) is 0 Å². The van der Waals surface area contributed by atoms with Gasteiger partial charge in [-0.15, -0.1) is 0 Å². The molecule has 0 radical (unpaired) electrons. The van der Waals surface area contributed by atoms with Crippen LogP contribution < -0.4 is 5.32 Å². The van der Waals surface area contributed by atoms with Crippen LogP contribution in [0, 0.1) is 5.92 Å². The molecule has 1 amide bonds. The molecular weight excluding hydrogens is 250 g/mol. The average Bonchev–Trinajstić information content (AvgIpc) is 2.89. The van der Waals surface area contributed by atoms with Gasteiger partial charge in [-0.2, -0.15) is 0 Å². The molecule has 106 valence electrons. The van der Waals surface area contributed by atoms with Crippen LogP contribution in [0.4, 0.5) is 0 Å². The Balaban J connectivity index is 1.97. The fraction of sp³-hybridized carbons (Fsp3) is 0.769. The third kappa shape index (κ3) is 3.53. The maximum Gasteiger partial charge on any atom is 0.326 e. The second kappa shape index (κ2) is 6.14. The summed E-state index contributed by atoms with van der Waals surface area (Å²) in [5, 5.41) is 11.8. The monoisotopic (exact) mass is 269 g/mol. The molecule has 3 atom stereocenters. The van der Waals surface area contributed by atoms with Crippen molar-refractivity contribution in [2.45, 2.75) is 50.7 Å². The van der Waals surface area contributed by atoms with Crippen molar-refractivity contribution in [1.29, 1.82) is 0 Å². The maximum absolute atomic E-state index is 11.9. The van der Waals surface area contributed by atoms with Gasteiger partial charge in [0.05, 0.1) is 0 Å².